The number of ether oxygens (including phenoxy) is 1. The monoisotopic (exact) mass is 227 g/mol. The average Bonchev–Trinajstić information content (AvgIpc) is 2.58. The van der Waals surface area contributed by atoms with Gasteiger partial charge in [0.1, 0.15) is 6.61 Å². The van der Waals surface area contributed by atoms with Gasteiger partial charge in [-0.25, -0.2) is 4.99 Å². The van der Waals surface area contributed by atoms with Crippen LogP contribution in [0.1, 0.15) is 0 Å². The molecule has 0 atom stereocenters. The van der Waals surface area contributed by atoms with E-state index in [0.717, 1.165) is 45.4 Å². The predicted molar refractivity (Wildman–Crippen MR) is 57.2 cm³/mol. The molecule has 2 rings (SSSR count). The molecular formula is C7H15Cl2N3O. The highest BCUT2D eigenvalue weighted by atomic mass is 35.5. The number of hydrogen-bond donors (Lipinski definition) is 1. The molecule has 0 amide bonds. The molecule has 1 N–H and O–H groups in total. The normalized spacial score (nSPS) is 20.9. The summed E-state index contributed by atoms with van der Waals surface area (Å²) in [6.07, 6.45) is 0. The number of aliphatic imine (C=N–C) groups is 1. The number of halogens is 2. The van der Waals surface area contributed by atoms with Gasteiger partial charge in [-0.2, -0.15) is 0 Å². The number of hydrogen-bond acceptors (Lipinski definition) is 4. The zero-order chi connectivity index (χ0) is 7.52. The molecule has 1 saturated heterocycles. The van der Waals surface area contributed by atoms with Gasteiger partial charge < -0.3 is 15.0 Å². The zero-order valence-corrected chi connectivity index (χ0v) is 8.99. The van der Waals surface area contributed by atoms with Gasteiger partial charge in [0.15, 0.2) is 0 Å². The van der Waals surface area contributed by atoms with E-state index in [-0.39, 0.29) is 24.8 Å². The van der Waals surface area contributed by atoms with Gasteiger partial charge in [0, 0.05) is 26.2 Å². The van der Waals surface area contributed by atoms with E-state index in [1.165, 1.54) is 0 Å². The van der Waals surface area contributed by atoms with E-state index >= 15 is 0 Å². The summed E-state index contributed by atoms with van der Waals surface area (Å²) in [5, 5.41) is 3.29. The minimum atomic E-state index is 0. The van der Waals surface area contributed by atoms with Crippen LogP contribution in [0.25, 0.3) is 0 Å². The summed E-state index contributed by atoms with van der Waals surface area (Å²) in [6.45, 7) is 5.74. The molecule has 4 nitrogen and oxygen atoms in total. The highest BCUT2D eigenvalue weighted by Crippen LogP contribution is 2.01. The fourth-order valence-electron chi connectivity index (χ4n) is 1.37. The third-order valence-corrected chi connectivity index (χ3v) is 1.96. The lowest BCUT2D eigenvalue weighted by Gasteiger charge is -2.27. The molecule has 1 fully saturated rings. The minimum Gasteiger partial charge on any atom is -0.463 e. The van der Waals surface area contributed by atoms with E-state index < -0.39 is 0 Å². The third kappa shape index (κ3) is 3.21. The number of rotatable bonds is 0. The molecule has 0 aromatic heterocycles. The van der Waals surface area contributed by atoms with Crippen LogP contribution in [0.5, 0.6) is 0 Å². The summed E-state index contributed by atoms with van der Waals surface area (Å²) in [5.41, 5.74) is 0. The Morgan fingerprint density at radius 3 is 2.46 bits per heavy atom. The lowest BCUT2D eigenvalue weighted by molar-refractivity contribution is 0.246. The molecule has 6 heteroatoms. The third-order valence-electron chi connectivity index (χ3n) is 1.96. The molecule has 13 heavy (non-hydrogen) atoms. The largest absolute Gasteiger partial charge is 0.463 e. The second kappa shape index (κ2) is 6.29. The van der Waals surface area contributed by atoms with Gasteiger partial charge in [0.05, 0.1) is 6.54 Å². The quantitative estimate of drug-likeness (QED) is 0.640. The molecule has 0 saturated carbocycles. The molecule has 0 radical (unpaired) electrons. The van der Waals surface area contributed by atoms with Crippen molar-refractivity contribution < 1.29 is 4.74 Å². The van der Waals surface area contributed by atoms with Crippen molar-refractivity contribution in [2.75, 3.05) is 39.3 Å². The predicted octanol–water partition coefficient (Wildman–Crippen LogP) is 0.121. The van der Waals surface area contributed by atoms with E-state index in [1.807, 2.05) is 0 Å². The second-order valence-corrected chi connectivity index (χ2v) is 2.75. The Kier molecular flexibility index (Phi) is 6.20. The van der Waals surface area contributed by atoms with Crippen LogP contribution in [0.15, 0.2) is 4.99 Å². The first-order chi connectivity index (χ1) is 5.47. The summed E-state index contributed by atoms with van der Waals surface area (Å²) in [5.74, 6) is 0. The zero-order valence-electron chi connectivity index (χ0n) is 7.36. The van der Waals surface area contributed by atoms with Crippen LogP contribution >= 0.6 is 24.8 Å². The molecule has 2 aliphatic heterocycles. The number of amidine groups is 1. The van der Waals surface area contributed by atoms with Crippen molar-refractivity contribution in [3.63, 3.8) is 0 Å². The maximum atomic E-state index is 5.34. The molecule has 0 unspecified atom stereocenters. The minimum absolute atomic E-state index is 0. The van der Waals surface area contributed by atoms with Crippen LogP contribution in [0, 0.1) is 0 Å². The van der Waals surface area contributed by atoms with E-state index in [9.17, 15) is 0 Å². The lowest BCUT2D eigenvalue weighted by Crippen LogP contribution is -2.46. The smallest absolute Gasteiger partial charge is 0.287 e. The first-order valence-corrected chi connectivity index (χ1v) is 4.10. The molecule has 0 bridgehead atoms. The van der Waals surface area contributed by atoms with Crippen molar-refractivity contribution >= 4 is 30.8 Å². The lowest BCUT2D eigenvalue weighted by atomic mass is 10.4. The van der Waals surface area contributed by atoms with Crippen molar-refractivity contribution in [2.45, 2.75) is 0 Å². The molecule has 0 spiro atoms. The van der Waals surface area contributed by atoms with Gasteiger partial charge in [-0.05, 0) is 0 Å². The Morgan fingerprint density at radius 2 is 1.92 bits per heavy atom. The van der Waals surface area contributed by atoms with Gasteiger partial charge in [0.2, 0.25) is 0 Å². The maximum Gasteiger partial charge on any atom is 0.287 e. The Bertz CT molecular complexity index is 171. The van der Waals surface area contributed by atoms with E-state index in [4.69, 9.17) is 4.74 Å². The standard InChI is InChI=1S/C7H13N3O.2ClH/c1-4-10(5-2-8-1)7-9-3-6-11-7;;/h8H,1-6H2;2*1H. The van der Waals surface area contributed by atoms with Gasteiger partial charge in [-0.15, -0.1) is 24.8 Å². The van der Waals surface area contributed by atoms with Crippen LogP contribution in [0.4, 0.5) is 0 Å². The maximum absolute atomic E-state index is 5.34. The van der Waals surface area contributed by atoms with Crippen molar-refractivity contribution in [1.29, 1.82) is 0 Å². The van der Waals surface area contributed by atoms with Crippen LogP contribution in [0.2, 0.25) is 0 Å². The fraction of sp³-hybridized carbons (Fsp3) is 0.857. The van der Waals surface area contributed by atoms with Crippen LogP contribution in [0.3, 0.4) is 0 Å². The topological polar surface area (TPSA) is 36.9 Å². The van der Waals surface area contributed by atoms with Crippen molar-refractivity contribution in [2.24, 2.45) is 4.99 Å². The average molecular weight is 228 g/mol. The van der Waals surface area contributed by atoms with E-state index in [0.29, 0.717) is 0 Å². The Labute approximate surface area is 90.5 Å². The van der Waals surface area contributed by atoms with Gasteiger partial charge >= 0.3 is 0 Å². The summed E-state index contributed by atoms with van der Waals surface area (Å²) >= 11 is 0. The molecule has 0 aromatic rings. The molecule has 2 aliphatic rings. The fourth-order valence-corrected chi connectivity index (χ4v) is 1.37. The van der Waals surface area contributed by atoms with Gasteiger partial charge in [0.25, 0.3) is 6.02 Å². The molecule has 0 aromatic carbocycles. The van der Waals surface area contributed by atoms with Crippen molar-refractivity contribution in [1.82, 2.24) is 10.2 Å². The Morgan fingerprint density at radius 1 is 1.23 bits per heavy atom. The molecule has 78 valence electrons. The van der Waals surface area contributed by atoms with E-state index in [1.54, 1.807) is 0 Å². The summed E-state index contributed by atoms with van der Waals surface area (Å²) in [7, 11) is 0. The van der Waals surface area contributed by atoms with Crippen LogP contribution in [-0.2, 0) is 4.74 Å². The molecular weight excluding hydrogens is 213 g/mol. The number of nitrogens with one attached hydrogen (secondary N) is 1. The van der Waals surface area contributed by atoms with Crippen molar-refractivity contribution in [3.8, 4) is 0 Å². The van der Waals surface area contributed by atoms with Crippen LogP contribution in [-0.4, -0.2) is 50.3 Å². The molecule has 2 heterocycles. The Hall–Kier alpha value is -0.190. The summed E-state index contributed by atoms with van der Waals surface area (Å²) in [4.78, 5) is 6.45. The summed E-state index contributed by atoms with van der Waals surface area (Å²) < 4.78 is 5.34. The van der Waals surface area contributed by atoms with Crippen LogP contribution < -0.4 is 5.32 Å². The highest BCUT2D eigenvalue weighted by Gasteiger charge is 2.17. The Balaban J connectivity index is 0.000000720. The first kappa shape index (κ1) is 12.8. The summed E-state index contributed by atoms with van der Waals surface area (Å²) in [6, 6.07) is 0.853. The first-order valence-electron chi connectivity index (χ1n) is 4.10. The van der Waals surface area contributed by atoms with Gasteiger partial charge in [-0.3, -0.25) is 0 Å². The second-order valence-electron chi connectivity index (χ2n) is 2.75. The van der Waals surface area contributed by atoms with Gasteiger partial charge in [-0.1, -0.05) is 0 Å². The number of nitrogens with zero attached hydrogens (tertiary/aromatic N) is 2. The SMILES string of the molecule is C1COC(N2CCNCC2)=N1.Cl.Cl. The number of piperazine rings is 1. The van der Waals surface area contributed by atoms with Crippen molar-refractivity contribution in [3.05, 3.63) is 0 Å². The highest BCUT2D eigenvalue weighted by molar-refractivity contribution is 5.85. The van der Waals surface area contributed by atoms with E-state index in [2.05, 4.69) is 15.2 Å². The molecule has 0 aliphatic carbocycles.